The first-order chi connectivity index (χ1) is 20.6. The van der Waals surface area contributed by atoms with Gasteiger partial charge in [-0.3, -0.25) is 0 Å². The number of urea groups is 1. The highest BCUT2D eigenvalue weighted by molar-refractivity contribution is 5.75. The van der Waals surface area contributed by atoms with Gasteiger partial charge in [0.2, 0.25) is 17.8 Å². The van der Waals surface area contributed by atoms with Gasteiger partial charge in [0.05, 0.1) is 6.04 Å². The van der Waals surface area contributed by atoms with Crippen molar-refractivity contribution in [3.05, 3.63) is 122 Å². The first kappa shape index (κ1) is 30.0. The van der Waals surface area contributed by atoms with Crippen molar-refractivity contribution in [2.45, 2.75) is 6.04 Å². The van der Waals surface area contributed by atoms with E-state index in [4.69, 9.17) is 15.0 Å². The van der Waals surface area contributed by atoms with Crippen molar-refractivity contribution in [3.8, 4) is 0 Å². The van der Waals surface area contributed by atoms with E-state index in [1.165, 1.54) is 0 Å². The second kappa shape index (κ2) is 15.2. The molecule has 0 unspecified atom stereocenters. The summed E-state index contributed by atoms with van der Waals surface area (Å²) in [5.74, 6) is 1.65. The standard InChI is InChI=1S/C33H40N8O/c1-5-19-38(20-6-2)30-35-31(39(21-7-3)22-8-4)37-32(36-30)40-23-25-41(26-24-40)33(42)34-29(27-15-11-9-12-16-27)28-17-13-10-14-18-28/h5-18,29H,1-4,19-26H2,(H,34,42). The van der Waals surface area contributed by atoms with Crippen LogP contribution in [0.25, 0.3) is 0 Å². The highest BCUT2D eigenvalue weighted by atomic mass is 16.2. The molecule has 2 amide bonds. The van der Waals surface area contributed by atoms with E-state index in [2.05, 4.69) is 36.5 Å². The first-order valence-electron chi connectivity index (χ1n) is 14.2. The third-order valence-corrected chi connectivity index (χ3v) is 6.95. The van der Waals surface area contributed by atoms with Gasteiger partial charge >= 0.3 is 6.03 Å². The van der Waals surface area contributed by atoms with E-state index < -0.39 is 0 Å². The van der Waals surface area contributed by atoms with Gasteiger partial charge in [-0.2, -0.15) is 15.0 Å². The lowest BCUT2D eigenvalue weighted by Crippen LogP contribution is -2.53. The maximum atomic E-state index is 13.5. The number of hydrogen-bond donors (Lipinski definition) is 1. The van der Waals surface area contributed by atoms with Crippen LogP contribution in [-0.4, -0.2) is 78.2 Å². The third-order valence-electron chi connectivity index (χ3n) is 6.95. The third kappa shape index (κ3) is 7.63. The number of benzene rings is 2. The molecule has 9 nitrogen and oxygen atoms in total. The van der Waals surface area contributed by atoms with E-state index >= 15 is 0 Å². The van der Waals surface area contributed by atoms with Gasteiger partial charge in [-0.25, -0.2) is 4.79 Å². The number of nitrogens with zero attached hydrogens (tertiary/aromatic N) is 7. The Morgan fingerprint density at radius 1 is 0.714 bits per heavy atom. The molecule has 1 aromatic heterocycles. The fraction of sp³-hybridized carbons (Fsp3) is 0.273. The molecule has 0 aliphatic carbocycles. The van der Waals surface area contributed by atoms with Crippen LogP contribution >= 0.6 is 0 Å². The van der Waals surface area contributed by atoms with Gasteiger partial charge in [-0.05, 0) is 11.1 Å². The van der Waals surface area contributed by atoms with Gasteiger partial charge in [0.15, 0.2) is 0 Å². The molecule has 1 saturated heterocycles. The molecule has 42 heavy (non-hydrogen) atoms. The van der Waals surface area contributed by atoms with E-state index in [9.17, 15) is 4.79 Å². The molecule has 2 aromatic carbocycles. The molecule has 0 atom stereocenters. The van der Waals surface area contributed by atoms with Crippen molar-refractivity contribution in [1.29, 1.82) is 0 Å². The van der Waals surface area contributed by atoms with Gasteiger partial charge in [-0.15, -0.1) is 26.3 Å². The van der Waals surface area contributed by atoms with Gasteiger partial charge in [0.1, 0.15) is 0 Å². The van der Waals surface area contributed by atoms with Crippen molar-refractivity contribution in [1.82, 2.24) is 25.2 Å². The Bertz CT molecular complexity index is 1240. The fourth-order valence-corrected chi connectivity index (χ4v) is 4.84. The molecule has 0 saturated carbocycles. The highest BCUT2D eigenvalue weighted by Gasteiger charge is 2.27. The molecule has 3 aromatic rings. The van der Waals surface area contributed by atoms with Crippen LogP contribution in [-0.2, 0) is 0 Å². The van der Waals surface area contributed by atoms with Crippen LogP contribution in [0.15, 0.2) is 111 Å². The Balaban J connectivity index is 1.52. The Labute approximate surface area is 249 Å². The van der Waals surface area contributed by atoms with E-state index in [0.717, 1.165) is 11.1 Å². The summed E-state index contributed by atoms with van der Waals surface area (Å²) >= 11 is 0. The quantitative estimate of drug-likeness (QED) is 0.281. The molecule has 4 rings (SSSR count). The van der Waals surface area contributed by atoms with Crippen LogP contribution in [0.5, 0.6) is 0 Å². The van der Waals surface area contributed by atoms with Crippen molar-refractivity contribution < 1.29 is 4.79 Å². The number of aromatic nitrogens is 3. The summed E-state index contributed by atoms with van der Waals surface area (Å²) in [6.45, 7) is 20.0. The van der Waals surface area contributed by atoms with Gasteiger partial charge in [0.25, 0.3) is 0 Å². The van der Waals surface area contributed by atoms with Gasteiger partial charge in [0, 0.05) is 52.4 Å². The molecular formula is C33H40N8O. The topological polar surface area (TPSA) is 80.7 Å². The first-order valence-corrected chi connectivity index (χ1v) is 14.2. The summed E-state index contributed by atoms with van der Waals surface area (Å²) in [4.78, 5) is 35.8. The van der Waals surface area contributed by atoms with Crippen molar-refractivity contribution in [2.75, 3.05) is 67.1 Å². The van der Waals surface area contributed by atoms with Crippen molar-refractivity contribution in [2.24, 2.45) is 0 Å². The van der Waals surface area contributed by atoms with Gasteiger partial charge in [-0.1, -0.05) is 85.0 Å². The summed E-state index contributed by atoms with van der Waals surface area (Å²) in [6.07, 6.45) is 7.25. The molecule has 9 heteroatoms. The fourth-order valence-electron chi connectivity index (χ4n) is 4.84. The molecule has 0 bridgehead atoms. The molecule has 1 N–H and O–H groups in total. The van der Waals surface area contributed by atoms with Crippen LogP contribution in [0.3, 0.4) is 0 Å². The van der Waals surface area contributed by atoms with Gasteiger partial charge < -0.3 is 24.9 Å². The number of rotatable bonds is 14. The summed E-state index contributed by atoms with van der Waals surface area (Å²) in [7, 11) is 0. The number of anilines is 3. The van der Waals surface area contributed by atoms with Crippen LogP contribution < -0.4 is 20.0 Å². The lowest BCUT2D eigenvalue weighted by Gasteiger charge is -2.36. The number of amides is 2. The zero-order valence-electron chi connectivity index (χ0n) is 24.2. The lowest BCUT2D eigenvalue weighted by molar-refractivity contribution is 0.191. The van der Waals surface area contributed by atoms with Crippen LogP contribution in [0.4, 0.5) is 22.6 Å². The second-order valence-electron chi connectivity index (χ2n) is 9.88. The SMILES string of the molecule is C=CCN(CC=C)c1nc(N(CC=C)CC=C)nc(N2CCN(C(=O)NC(c3ccccc3)c3ccccc3)CC2)n1. The zero-order valence-corrected chi connectivity index (χ0v) is 24.2. The molecule has 218 valence electrons. The Kier molecular flexibility index (Phi) is 10.9. The maximum Gasteiger partial charge on any atom is 0.318 e. The molecular weight excluding hydrogens is 524 g/mol. The monoisotopic (exact) mass is 564 g/mol. The summed E-state index contributed by atoms with van der Waals surface area (Å²) in [6, 6.07) is 19.7. The minimum atomic E-state index is -0.243. The smallest absolute Gasteiger partial charge is 0.318 e. The molecule has 1 fully saturated rings. The number of carbonyl (C=O) groups is 1. The average molecular weight is 565 g/mol. The number of nitrogens with one attached hydrogen (secondary N) is 1. The van der Waals surface area contributed by atoms with Crippen molar-refractivity contribution >= 4 is 23.9 Å². The molecule has 0 spiro atoms. The van der Waals surface area contributed by atoms with E-state index in [1.54, 1.807) is 0 Å². The number of carbonyl (C=O) groups excluding carboxylic acids is 1. The summed E-state index contributed by atoms with van der Waals surface area (Å²) < 4.78 is 0. The molecule has 2 heterocycles. The van der Waals surface area contributed by atoms with E-state index in [1.807, 2.05) is 99.7 Å². The minimum Gasteiger partial charge on any atom is -0.337 e. The highest BCUT2D eigenvalue weighted by Crippen LogP contribution is 2.24. The Morgan fingerprint density at radius 3 is 1.55 bits per heavy atom. The van der Waals surface area contributed by atoms with E-state index in [-0.39, 0.29) is 12.1 Å². The molecule has 0 radical (unpaired) electrons. The Hall–Kier alpha value is -4.92. The molecule has 1 aliphatic heterocycles. The van der Waals surface area contributed by atoms with Crippen LogP contribution in [0, 0.1) is 0 Å². The summed E-state index contributed by atoms with van der Waals surface area (Å²) in [5.41, 5.74) is 2.07. The van der Waals surface area contributed by atoms with Crippen molar-refractivity contribution in [3.63, 3.8) is 0 Å². The van der Waals surface area contributed by atoms with Crippen LogP contribution in [0.2, 0.25) is 0 Å². The predicted molar refractivity (Wildman–Crippen MR) is 172 cm³/mol. The minimum absolute atomic E-state index is 0.101. The predicted octanol–water partition coefficient (Wildman–Crippen LogP) is 4.85. The lowest BCUT2D eigenvalue weighted by atomic mass is 9.99. The number of hydrogen-bond acceptors (Lipinski definition) is 7. The van der Waals surface area contributed by atoms with E-state index in [0.29, 0.717) is 70.2 Å². The zero-order chi connectivity index (χ0) is 29.7. The maximum absolute atomic E-state index is 13.5. The summed E-state index contributed by atoms with van der Waals surface area (Å²) in [5, 5.41) is 3.25. The van der Waals surface area contributed by atoms with Crippen LogP contribution in [0.1, 0.15) is 17.2 Å². The largest absolute Gasteiger partial charge is 0.337 e. The molecule has 1 aliphatic rings. The average Bonchev–Trinajstić information content (AvgIpc) is 3.04. The second-order valence-corrected chi connectivity index (χ2v) is 9.88. The normalized spacial score (nSPS) is 12.9. The number of piperazine rings is 1. The Morgan fingerprint density at radius 2 is 1.14 bits per heavy atom.